The lowest BCUT2D eigenvalue weighted by Gasteiger charge is -2.32. The fraction of sp³-hybridized carbons (Fsp3) is 0.310. The van der Waals surface area contributed by atoms with Crippen LogP contribution in [0.1, 0.15) is 37.5 Å². The fourth-order valence-corrected chi connectivity index (χ4v) is 5.63. The van der Waals surface area contributed by atoms with Gasteiger partial charge in [0.25, 0.3) is 10.0 Å². The number of hydrogen-bond donors (Lipinski definition) is 1. The number of nitrogens with zero attached hydrogens (tertiary/aromatic N) is 2. The average molecular weight is 522 g/mol. The van der Waals surface area contributed by atoms with Crippen LogP contribution < -0.4 is 9.62 Å². The molecule has 7 nitrogen and oxygen atoms in total. The van der Waals surface area contributed by atoms with E-state index in [2.05, 4.69) is 5.32 Å². The molecular weight excluding hydrogens is 486 g/mol. The first-order valence-electron chi connectivity index (χ1n) is 12.5. The monoisotopic (exact) mass is 521 g/mol. The smallest absolute Gasteiger partial charge is 0.264 e. The second kappa shape index (κ2) is 12.5. The van der Waals surface area contributed by atoms with Gasteiger partial charge < -0.3 is 10.2 Å². The molecule has 0 aliphatic heterocycles. The van der Waals surface area contributed by atoms with Gasteiger partial charge in [0.1, 0.15) is 12.6 Å². The van der Waals surface area contributed by atoms with Crippen LogP contribution in [0.4, 0.5) is 5.69 Å². The molecule has 3 rings (SSSR count). The highest BCUT2D eigenvalue weighted by Gasteiger charge is 2.33. The van der Waals surface area contributed by atoms with Crippen molar-refractivity contribution in [2.24, 2.45) is 0 Å². The van der Waals surface area contributed by atoms with Crippen molar-refractivity contribution in [3.63, 3.8) is 0 Å². The lowest BCUT2D eigenvalue weighted by Crippen LogP contribution is -2.51. The third kappa shape index (κ3) is 6.57. The van der Waals surface area contributed by atoms with Crippen LogP contribution in [0.25, 0.3) is 0 Å². The predicted molar refractivity (Wildman–Crippen MR) is 147 cm³/mol. The van der Waals surface area contributed by atoms with Gasteiger partial charge in [0.15, 0.2) is 0 Å². The number of rotatable bonds is 11. The zero-order valence-electron chi connectivity index (χ0n) is 21.8. The number of aryl methyl sites for hydroxylation is 2. The number of para-hydroxylation sites is 1. The molecule has 8 heteroatoms. The summed E-state index contributed by atoms with van der Waals surface area (Å²) in [5.74, 6) is -0.761. The number of amides is 2. The number of likely N-dealkylation sites (N-methyl/N-ethyl adjacent to an activating group) is 1. The molecule has 2 amide bonds. The molecule has 0 spiro atoms. The van der Waals surface area contributed by atoms with Crippen molar-refractivity contribution in [1.82, 2.24) is 10.2 Å². The first-order valence-corrected chi connectivity index (χ1v) is 13.9. The van der Waals surface area contributed by atoms with Crippen molar-refractivity contribution >= 4 is 27.5 Å². The van der Waals surface area contributed by atoms with Gasteiger partial charge in [-0.2, -0.15) is 0 Å². The number of carbonyl (C=O) groups excluding carboxylic acids is 2. The van der Waals surface area contributed by atoms with Gasteiger partial charge in [0.2, 0.25) is 11.8 Å². The predicted octanol–water partition coefficient (Wildman–Crippen LogP) is 4.31. The molecule has 3 aromatic carbocycles. The Hall–Kier alpha value is -3.65. The molecule has 0 radical (unpaired) electrons. The molecule has 0 aromatic heterocycles. The molecule has 3 aromatic rings. The second-order valence-electron chi connectivity index (χ2n) is 8.83. The third-order valence-corrected chi connectivity index (χ3v) is 8.15. The number of nitrogens with one attached hydrogen (secondary N) is 1. The van der Waals surface area contributed by atoms with Crippen LogP contribution in [0.5, 0.6) is 0 Å². The lowest BCUT2D eigenvalue weighted by molar-refractivity contribution is -0.139. The Bertz CT molecular complexity index is 1330. The minimum absolute atomic E-state index is 0.0935. The molecule has 0 unspecified atom stereocenters. The lowest BCUT2D eigenvalue weighted by atomic mass is 10.1. The molecule has 196 valence electrons. The minimum Gasteiger partial charge on any atom is -0.355 e. The molecule has 0 fully saturated rings. The summed E-state index contributed by atoms with van der Waals surface area (Å²) < 4.78 is 28.9. The van der Waals surface area contributed by atoms with Crippen molar-refractivity contribution in [3.8, 4) is 0 Å². The minimum atomic E-state index is -4.07. The first kappa shape index (κ1) is 27.9. The highest BCUT2D eigenvalue weighted by Crippen LogP contribution is 2.28. The van der Waals surface area contributed by atoms with Crippen LogP contribution in [-0.4, -0.2) is 44.3 Å². The maximum Gasteiger partial charge on any atom is 0.264 e. The van der Waals surface area contributed by atoms with Crippen molar-refractivity contribution in [3.05, 3.63) is 95.6 Å². The Morgan fingerprint density at radius 1 is 0.865 bits per heavy atom. The molecule has 0 saturated heterocycles. The van der Waals surface area contributed by atoms with Gasteiger partial charge in [-0.25, -0.2) is 8.42 Å². The number of hydrogen-bond acceptors (Lipinski definition) is 4. The first-order chi connectivity index (χ1) is 17.7. The normalized spacial score (nSPS) is 12.0. The summed E-state index contributed by atoms with van der Waals surface area (Å²) in [5.41, 5.74) is 3.12. The largest absolute Gasteiger partial charge is 0.355 e. The van der Waals surface area contributed by atoms with Crippen LogP contribution in [0.15, 0.2) is 83.8 Å². The van der Waals surface area contributed by atoms with E-state index in [-0.39, 0.29) is 17.3 Å². The van der Waals surface area contributed by atoms with E-state index in [0.29, 0.717) is 18.7 Å². The van der Waals surface area contributed by atoms with Crippen LogP contribution in [0.2, 0.25) is 0 Å². The molecule has 37 heavy (non-hydrogen) atoms. The standard InChI is InChI=1S/C29H35N3O4S/c1-5-24-15-12-13-19-27(24)32(37(35,36)26-17-8-7-9-18-26)21-28(33)31(23(4)29(34)30-6-2)20-25-16-11-10-14-22(25)3/h7-19,23H,5-6,20-21H2,1-4H3,(H,30,34)/t23-/m0/s1. The van der Waals surface area contributed by atoms with E-state index in [1.807, 2.05) is 57.2 Å². The van der Waals surface area contributed by atoms with Gasteiger partial charge in [-0.15, -0.1) is 0 Å². The molecule has 0 bridgehead atoms. The van der Waals surface area contributed by atoms with Gasteiger partial charge in [0, 0.05) is 13.1 Å². The summed E-state index contributed by atoms with van der Waals surface area (Å²) in [6.45, 7) is 7.52. The van der Waals surface area contributed by atoms with Crippen molar-refractivity contribution in [2.45, 2.75) is 51.6 Å². The van der Waals surface area contributed by atoms with Crippen LogP contribution in [0.3, 0.4) is 0 Å². The molecule has 1 atom stereocenters. The molecule has 1 N–H and O–H groups in total. The van der Waals surface area contributed by atoms with E-state index in [0.717, 1.165) is 16.7 Å². The molecule has 0 saturated carbocycles. The topological polar surface area (TPSA) is 86.8 Å². The highest BCUT2D eigenvalue weighted by molar-refractivity contribution is 7.92. The van der Waals surface area contributed by atoms with Gasteiger partial charge >= 0.3 is 0 Å². The van der Waals surface area contributed by atoms with E-state index in [9.17, 15) is 18.0 Å². The zero-order valence-corrected chi connectivity index (χ0v) is 22.7. The average Bonchev–Trinajstić information content (AvgIpc) is 2.91. The number of anilines is 1. The Balaban J connectivity index is 2.07. The molecule has 0 aliphatic rings. The summed E-state index contributed by atoms with van der Waals surface area (Å²) in [6, 6.07) is 22.1. The van der Waals surface area contributed by atoms with E-state index in [1.54, 1.807) is 37.3 Å². The van der Waals surface area contributed by atoms with E-state index >= 15 is 0 Å². The van der Waals surface area contributed by atoms with Gasteiger partial charge in [-0.1, -0.05) is 67.6 Å². The number of sulfonamides is 1. The molecular formula is C29H35N3O4S. The number of carbonyl (C=O) groups is 2. The second-order valence-corrected chi connectivity index (χ2v) is 10.7. The summed E-state index contributed by atoms with van der Waals surface area (Å²) in [7, 11) is -4.07. The third-order valence-electron chi connectivity index (χ3n) is 6.37. The summed E-state index contributed by atoms with van der Waals surface area (Å²) in [4.78, 5) is 28.3. The maximum atomic E-state index is 13.9. The SMILES string of the molecule is CCNC(=O)[C@H](C)N(Cc1ccccc1C)C(=O)CN(c1ccccc1CC)S(=O)(=O)c1ccccc1. The van der Waals surface area contributed by atoms with Gasteiger partial charge in [-0.05, 0) is 62.1 Å². The van der Waals surface area contributed by atoms with E-state index < -0.39 is 28.5 Å². The van der Waals surface area contributed by atoms with Crippen LogP contribution >= 0.6 is 0 Å². The Morgan fingerprint density at radius 3 is 2.08 bits per heavy atom. The zero-order chi connectivity index (χ0) is 27.0. The highest BCUT2D eigenvalue weighted by atomic mass is 32.2. The van der Waals surface area contributed by atoms with Crippen molar-refractivity contribution in [1.29, 1.82) is 0 Å². The number of benzene rings is 3. The van der Waals surface area contributed by atoms with Crippen LogP contribution in [-0.2, 0) is 32.6 Å². The summed E-state index contributed by atoms with van der Waals surface area (Å²) in [5, 5.41) is 2.78. The Morgan fingerprint density at radius 2 is 1.46 bits per heavy atom. The molecule has 0 heterocycles. The van der Waals surface area contributed by atoms with E-state index in [1.165, 1.54) is 21.3 Å². The van der Waals surface area contributed by atoms with Crippen molar-refractivity contribution in [2.75, 3.05) is 17.4 Å². The quantitative estimate of drug-likeness (QED) is 0.408. The summed E-state index contributed by atoms with van der Waals surface area (Å²) >= 11 is 0. The van der Waals surface area contributed by atoms with E-state index in [4.69, 9.17) is 0 Å². The molecule has 0 aliphatic carbocycles. The fourth-order valence-electron chi connectivity index (χ4n) is 4.16. The van der Waals surface area contributed by atoms with Gasteiger partial charge in [0.05, 0.1) is 10.6 Å². The van der Waals surface area contributed by atoms with Crippen LogP contribution in [0, 0.1) is 6.92 Å². The Kier molecular flexibility index (Phi) is 9.47. The van der Waals surface area contributed by atoms with Crippen molar-refractivity contribution < 1.29 is 18.0 Å². The summed E-state index contributed by atoms with van der Waals surface area (Å²) in [6.07, 6.45) is 0.591. The Labute approximate surface area is 220 Å². The van der Waals surface area contributed by atoms with Gasteiger partial charge in [-0.3, -0.25) is 13.9 Å². The maximum absolute atomic E-state index is 13.9.